The number of halogens is 1. The highest BCUT2D eigenvalue weighted by Crippen LogP contribution is 2.31. The molecule has 2 rings (SSSR count). The van der Waals surface area contributed by atoms with Crippen molar-refractivity contribution in [3.8, 4) is 5.75 Å². The van der Waals surface area contributed by atoms with Gasteiger partial charge in [0.05, 0.1) is 7.11 Å². The number of hydrogen-bond donors (Lipinski definition) is 1. The smallest absolute Gasteiger partial charge is 0.160 e. The summed E-state index contributed by atoms with van der Waals surface area (Å²) in [5, 5.41) is 2.92. The molecule has 1 heterocycles. The van der Waals surface area contributed by atoms with Crippen LogP contribution < -0.4 is 10.1 Å². The van der Waals surface area contributed by atoms with Crippen LogP contribution in [-0.4, -0.2) is 20.2 Å². The van der Waals surface area contributed by atoms with Gasteiger partial charge in [0.15, 0.2) is 5.67 Å². The maximum absolute atomic E-state index is 13.8. The van der Waals surface area contributed by atoms with E-state index in [1.165, 1.54) is 0 Å². The SMILES string of the molecule is COc1cccc(C2(F)CNC2)c1. The Morgan fingerprint density at radius 3 is 2.77 bits per heavy atom. The van der Waals surface area contributed by atoms with Gasteiger partial charge in [-0.3, -0.25) is 0 Å². The molecule has 1 aromatic carbocycles. The third kappa shape index (κ3) is 1.40. The fourth-order valence-electron chi connectivity index (χ4n) is 1.45. The second-order valence-electron chi connectivity index (χ2n) is 3.30. The molecule has 1 fully saturated rings. The van der Waals surface area contributed by atoms with Gasteiger partial charge in [-0.05, 0) is 17.7 Å². The van der Waals surface area contributed by atoms with Crippen LogP contribution in [0.3, 0.4) is 0 Å². The Morgan fingerprint density at radius 1 is 1.46 bits per heavy atom. The summed E-state index contributed by atoms with van der Waals surface area (Å²) >= 11 is 0. The summed E-state index contributed by atoms with van der Waals surface area (Å²) in [7, 11) is 1.59. The van der Waals surface area contributed by atoms with Crippen molar-refractivity contribution in [1.82, 2.24) is 5.32 Å². The van der Waals surface area contributed by atoms with E-state index in [4.69, 9.17) is 4.74 Å². The van der Waals surface area contributed by atoms with Gasteiger partial charge in [0, 0.05) is 13.1 Å². The molecular formula is C10H12FNO. The van der Waals surface area contributed by atoms with E-state index in [1.54, 1.807) is 19.2 Å². The number of hydrogen-bond acceptors (Lipinski definition) is 2. The molecule has 1 N–H and O–H groups in total. The Hall–Kier alpha value is -1.09. The topological polar surface area (TPSA) is 21.3 Å². The average Bonchev–Trinajstić information content (AvgIpc) is 2.14. The van der Waals surface area contributed by atoms with Crippen LogP contribution in [0.4, 0.5) is 4.39 Å². The van der Waals surface area contributed by atoms with Gasteiger partial charge in [-0.2, -0.15) is 0 Å². The minimum absolute atomic E-state index is 0.403. The first-order chi connectivity index (χ1) is 6.24. The van der Waals surface area contributed by atoms with Gasteiger partial charge in [0.1, 0.15) is 5.75 Å². The zero-order valence-corrected chi connectivity index (χ0v) is 7.51. The zero-order valence-electron chi connectivity index (χ0n) is 7.51. The van der Waals surface area contributed by atoms with E-state index in [0.717, 1.165) is 0 Å². The maximum atomic E-state index is 13.8. The van der Waals surface area contributed by atoms with Crippen LogP contribution >= 0.6 is 0 Å². The van der Waals surface area contributed by atoms with Gasteiger partial charge in [0.2, 0.25) is 0 Å². The molecule has 70 valence electrons. The second kappa shape index (κ2) is 3.00. The Balaban J connectivity index is 2.29. The number of rotatable bonds is 2. The predicted octanol–water partition coefficient (Wildman–Crippen LogP) is 1.46. The fourth-order valence-corrected chi connectivity index (χ4v) is 1.45. The maximum Gasteiger partial charge on any atom is 0.160 e. The normalized spacial score (nSPS) is 19.2. The van der Waals surface area contributed by atoms with Gasteiger partial charge in [0.25, 0.3) is 0 Å². The Morgan fingerprint density at radius 2 is 2.23 bits per heavy atom. The molecule has 1 saturated heterocycles. The van der Waals surface area contributed by atoms with E-state index >= 15 is 0 Å². The first-order valence-electron chi connectivity index (χ1n) is 4.29. The van der Waals surface area contributed by atoms with Gasteiger partial charge >= 0.3 is 0 Å². The van der Waals surface area contributed by atoms with Gasteiger partial charge < -0.3 is 10.1 Å². The fraction of sp³-hybridized carbons (Fsp3) is 0.400. The molecule has 1 aromatic rings. The third-order valence-corrected chi connectivity index (χ3v) is 2.40. The highest BCUT2D eigenvalue weighted by Gasteiger charge is 2.38. The molecule has 1 aliphatic rings. The van der Waals surface area contributed by atoms with Gasteiger partial charge in [-0.1, -0.05) is 12.1 Å². The highest BCUT2D eigenvalue weighted by atomic mass is 19.1. The van der Waals surface area contributed by atoms with Crippen molar-refractivity contribution in [3.05, 3.63) is 29.8 Å². The number of ether oxygens (including phenoxy) is 1. The molecule has 2 nitrogen and oxygen atoms in total. The quantitative estimate of drug-likeness (QED) is 0.745. The molecule has 0 amide bonds. The number of nitrogens with one attached hydrogen (secondary N) is 1. The highest BCUT2D eigenvalue weighted by molar-refractivity contribution is 5.34. The summed E-state index contributed by atoms with van der Waals surface area (Å²) in [4.78, 5) is 0. The number of methoxy groups -OCH3 is 1. The Kier molecular flexibility index (Phi) is 1.96. The van der Waals surface area contributed by atoms with Crippen molar-refractivity contribution in [1.29, 1.82) is 0 Å². The Labute approximate surface area is 76.7 Å². The molecule has 0 aromatic heterocycles. The summed E-state index contributed by atoms with van der Waals surface area (Å²) in [6.45, 7) is 0.806. The molecular weight excluding hydrogens is 169 g/mol. The van der Waals surface area contributed by atoms with E-state index in [9.17, 15) is 4.39 Å². The lowest BCUT2D eigenvalue weighted by atomic mass is 9.90. The molecule has 13 heavy (non-hydrogen) atoms. The lowest BCUT2D eigenvalue weighted by Crippen LogP contribution is -2.53. The first-order valence-corrected chi connectivity index (χ1v) is 4.29. The van der Waals surface area contributed by atoms with Crippen LogP contribution in [0.25, 0.3) is 0 Å². The van der Waals surface area contributed by atoms with Crippen molar-refractivity contribution < 1.29 is 9.13 Å². The van der Waals surface area contributed by atoms with Crippen LogP contribution in [0.15, 0.2) is 24.3 Å². The standard InChI is InChI=1S/C10H12FNO/c1-13-9-4-2-3-8(5-9)10(11)6-12-7-10/h2-5,12H,6-7H2,1H3. The van der Waals surface area contributed by atoms with E-state index < -0.39 is 5.67 Å². The summed E-state index contributed by atoms with van der Waals surface area (Å²) in [6.07, 6.45) is 0. The second-order valence-corrected chi connectivity index (χ2v) is 3.30. The molecule has 3 heteroatoms. The number of benzene rings is 1. The average molecular weight is 181 g/mol. The van der Waals surface area contributed by atoms with Crippen LogP contribution in [0, 0.1) is 0 Å². The summed E-state index contributed by atoms with van der Waals surface area (Å²) < 4.78 is 18.9. The Bertz CT molecular complexity index is 310. The van der Waals surface area contributed by atoms with Crippen LogP contribution in [-0.2, 0) is 5.67 Å². The zero-order chi connectivity index (χ0) is 9.31. The first kappa shape index (κ1) is 8.51. The van der Waals surface area contributed by atoms with Gasteiger partial charge in [-0.25, -0.2) is 4.39 Å². The van der Waals surface area contributed by atoms with Crippen LogP contribution in [0.2, 0.25) is 0 Å². The molecule has 0 spiro atoms. The molecule has 0 saturated carbocycles. The molecule has 0 atom stereocenters. The van der Waals surface area contributed by atoms with Crippen LogP contribution in [0.5, 0.6) is 5.75 Å². The van der Waals surface area contributed by atoms with Gasteiger partial charge in [-0.15, -0.1) is 0 Å². The molecule has 0 bridgehead atoms. The third-order valence-electron chi connectivity index (χ3n) is 2.40. The van der Waals surface area contributed by atoms with Crippen molar-refractivity contribution in [2.75, 3.05) is 20.2 Å². The summed E-state index contributed by atoms with van der Waals surface area (Å²) in [6, 6.07) is 7.18. The minimum atomic E-state index is -1.19. The monoisotopic (exact) mass is 181 g/mol. The molecule has 1 aliphatic heterocycles. The van der Waals surface area contributed by atoms with Crippen molar-refractivity contribution in [2.45, 2.75) is 5.67 Å². The van der Waals surface area contributed by atoms with Crippen molar-refractivity contribution in [2.24, 2.45) is 0 Å². The van der Waals surface area contributed by atoms with E-state index in [-0.39, 0.29) is 0 Å². The molecule has 0 radical (unpaired) electrons. The lowest BCUT2D eigenvalue weighted by molar-refractivity contribution is 0.0889. The summed E-state index contributed by atoms with van der Waals surface area (Å²) in [5.74, 6) is 0.710. The van der Waals surface area contributed by atoms with Crippen molar-refractivity contribution in [3.63, 3.8) is 0 Å². The van der Waals surface area contributed by atoms with E-state index in [2.05, 4.69) is 5.32 Å². The van der Waals surface area contributed by atoms with E-state index in [0.29, 0.717) is 24.4 Å². The number of alkyl halides is 1. The van der Waals surface area contributed by atoms with Crippen LogP contribution in [0.1, 0.15) is 5.56 Å². The summed E-state index contributed by atoms with van der Waals surface area (Å²) in [5.41, 5.74) is -0.486. The lowest BCUT2D eigenvalue weighted by Gasteiger charge is -2.35. The molecule has 0 unspecified atom stereocenters. The van der Waals surface area contributed by atoms with Crippen molar-refractivity contribution >= 4 is 0 Å². The molecule has 0 aliphatic carbocycles. The minimum Gasteiger partial charge on any atom is -0.497 e. The predicted molar refractivity (Wildman–Crippen MR) is 48.6 cm³/mol. The largest absolute Gasteiger partial charge is 0.497 e. The van der Waals surface area contributed by atoms with E-state index in [1.807, 2.05) is 12.1 Å².